The maximum Gasteiger partial charge on any atom is 0.257 e. The van der Waals surface area contributed by atoms with Gasteiger partial charge in [0.2, 0.25) is 5.91 Å². The van der Waals surface area contributed by atoms with Crippen LogP contribution in [-0.4, -0.2) is 71.2 Å². The Hall–Kier alpha value is -2.79. The maximum absolute atomic E-state index is 14.9. The van der Waals surface area contributed by atoms with E-state index in [-0.39, 0.29) is 23.4 Å². The third kappa shape index (κ3) is 4.37. The van der Waals surface area contributed by atoms with Crippen molar-refractivity contribution in [3.05, 3.63) is 41.5 Å². The van der Waals surface area contributed by atoms with Gasteiger partial charge in [0.15, 0.2) is 0 Å². The molecule has 4 N–H and O–H groups in total. The van der Waals surface area contributed by atoms with Crippen LogP contribution in [0.25, 0.3) is 0 Å². The van der Waals surface area contributed by atoms with Crippen LogP contribution in [0.1, 0.15) is 17.3 Å². The minimum Gasteiger partial charge on any atom is -0.474 e. The minimum atomic E-state index is -0.506. The van der Waals surface area contributed by atoms with Crippen molar-refractivity contribution in [3.8, 4) is 0 Å². The molecule has 3 rings (SSSR count). The highest BCUT2D eigenvalue weighted by atomic mass is 32.1. The van der Waals surface area contributed by atoms with Gasteiger partial charge >= 0.3 is 0 Å². The number of ether oxygens (including phenoxy) is 1. The molecule has 28 heavy (non-hydrogen) atoms. The summed E-state index contributed by atoms with van der Waals surface area (Å²) in [6, 6.07) is 4.46. The first-order chi connectivity index (χ1) is 13.5. The lowest BCUT2D eigenvalue weighted by Crippen LogP contribution is -2.50. The number of thiocarbonyl (C=S) groups is 1. The zero-order valence-corrected chi connectivity index (χ0v) is 16.2. The van der Waals surface area contributed by atoms with Crippen LogP contribution in [-0.2, 0) is 9.53 Å². The van der Waals surface area contributed by atoms with Crippen LogP contribution in [0, 0.1) is 5.82 Å². The van der Waals surface area contributed by atoms with Crippen LogP contribution in [0.3, 0.4) is 0 Å². The molecule has 1 aliphatic heterocycles. The number of carbonyl (C=O) groups excluding carboxylic acids is 1. The second-order valence-electron chi connectivity index (χ2n) is 6.25. The molecule has 1 atom stereocenters. The topological polar surface area (TPSA) is 112 Å². The van der Waals surface area contributed by atoms with Gasteiger partial charge in [-0.2, -0.15) is 15.4 Å². The quantitative estimate of drug-likeness (QED) is 0.601. The summed E-state index contributed by atoms with van der Waals surface area (Å²) in [5, 5.41) is 13.6. The van der Waals surface area contributed by atoms with Crippen molar-refractivity contribution in [2.24, 2.45) is 5.73 Å². The van der Waals surface area contributed by atoms with Crippen molar-refractivity contribution in [1.82, 2.24) is 25.6 Å². The number of piperazine rings is 1. The number of aromatic nitrogens is 3. The molecule has 0 radical (unpaired) electrons. The molecule has 1 saturated heterocycles. The van der Waals surface area contributed by atoms with Gasteiger partial charge in [-0.3, -0.25) is 4.79 Å². The van der Waals surface area contributed by atoms with Gasteiger partial charge in [-0.25, -0.2) is 4.39 Å². The van der Waals surface area contributed by atoms with E-state index < -0.39 is 6.04 Å². The van der Waals surface area contributed by atoms with E-state index in [1.807, 2.05) is 4.90 Å². The number of anilines is 1. The second-order valence-corrected chi connectivity index (χ2v) is 6.62. The van der Waals surface area contributed by atoms with E-state index in [1.165, 1.54) is 19.4 Å². The third-order valence-corrected chi connectivity index (χ3v) is 4.91. The van der Waals surface area contributed by atoms with E-state index in [9.17, 15) is 9.18 Å². The fraction of sp³-hybridized carbons (Fsp3) is 0.412. The summed E-state index contributed by atoms with van der Waals surface area (Å²) in [4.78, 5) is 15.3. The van der Waals surface area contributed by atoms with Crippen molar-refractivity contribution in [2.75, 3.05) is 44.7 Å². The number of nitrogens with zero attached hydrogens (tertiary/aromatic N) is 4. The Morgan fingerprint density at radius 2 is 2.18 bits per heavy atom. The number of nitrogens with two attached hydrogens (primary N) is 1. The maximum atomic E-state index is 14.9. The number of benzene rings is 1. The van der Waals surface area contributed by atoms with Crippen molar-refractivity contribution in [2.45, 2.75) is 6.04 Å². The third-order valence-electron chi connectivity index (χ3n) is 4.63. The summed E-state index contributed by atoms with van der Waals surface area (Å²) in [5.41, 5.74) is 7.07. The molecule has 1 aromatic heterocycles. The average Bonchev–Trinajstić information content (AvgIpc) is 3.25. The number of halogens is 1. The standard InChI is InChI=1S/C17H22FN7O2S/c1-27-17(28)21-16(13-10-20-23-22-13)11-2-3-14(12(18)8-11)24-4-6-25(7-5-24)15(26)9-19/h2-3,8,10,16H,4-7,9,19H2,1H3,(H,21,28)(H,20,22,23). The molecule has 11 heteroatoms. The van der Waals surface area contributed by atoms with Gasteiger partial charge in [0.05, 0.1) is 25.5 Å². The van der Waals surface area contributed by atoms with Crippen LogP contribution < -0.4 is 16.0 Å². The van der Waals surface area contributed by atoms with E-state index in [0.717, 1.165) is 0 Å². The van der Waals surface area contributed by atoms with E-state index >= 15 is 0 Å². The molecule has 2 aromatic rings. The molecule has 1 aromatic carbocycles. The molecule has 1 aliphatic rings. The van der Waals surface area contributed by atoms with E-state index in [0.29, 0.717) is 43.1 Å². The lowest BCUT2D eigenvalue weighted by Gasteiger charge is -2.36. The monoisotopic (exact) mass is 407 g/mol. The molecule has 9 nitrogen and oxygen atoms in total. The van der Waals surface area contributed by atoms with E-state index in [4.69, 9.17) is 22.7 Å². The van der Waals surface area contributed by atoms with Crippen molar-refractivity contribution >= 4 is 29.0 Å². The number of hydrogen-bond donors (Lipinski definition) is 3. The smallest absolute Gasteiger partial charge is 0.257 e. The normalized spacial score (nSPS) is 15.2. The average molecular weight is 407 g/mol. The van der Waals surface area contributed by atoms with E-state index in [2.05, 4.69) is 20.7 Å². The molecule has 1 unspecified atom stereocenters. The second kappa shape index (κ2) is 8.93. The van der Waals surface area contributed by atoms with Crippen molar-refractivity contribution in [3.63, 3.8) is 0 Å². The number of methoxy groups -OCH3 is 1. The predicted molar refractivity (Wildman–Crippen MR) is 105 cm³/mol. The van der Waals surface area contributed by atoms with Gasteiger partial charge in [-0.1, -0.05) is 6.07 Å². The number of nitrogens with one attached hydrogen (secondary N) is 2. The Bertz CT molecular complexity index is 825. The number of rotatable bonds is 5. The van der Waals surface area contributed by atoms with Crippen molar-refractivity contribution in [1.29, 1.82) is 0 Å². The summed E-state index contributed by atoms with van der Waals surface area (Å²) in [6.45, 7) is 2.11. The number of carbonyl (C=O) groups is 1. The number of aromatic amines is 1. The van der Waals surface area contributed by atoms with Gasteiger partial charge in [-0.15, -0.1) is 0 Å². The summed E-state index contributed by atoms with van der Waals surface area (Å²) in [5.74, 6) is -0.458. The minimum absolute atomic E-state index is 0.0111. The highest BCUT2D eigenvalue weighted by molar-refractivity contribution is 7.80. The zero-order valence-electron chi connectivity index (χ0n) is 15.4. The first kappa shape index (κ1) is 20.0. The molecule has 0 saturated carbocycles. The summed E-state index contributed by atoms with van der Waals surface area (Å²) in [7, 11) is 1.45. The summed E-state index contributed by atoms with van der Waals surface area (Å²) in [6.07, 6.45) is 1.54. The largest absolute Gasteiger partial charge is 0.474 e. The number of amides is 1. The Balaban J connectivity index is 1.77. The van der Waals surface area contributed by atoms with Gasteiger partial charge < -0.3 is 25.6 Å². The zero-order chi connectivity index (χ0) is 20.1. The van der Waals surface area contributed by atoms with Gasteiger partial charge in [0.1, 0.15) is 17.6 Å². The van der Waals surface area contributed by atoms with Crippen molar-refractivity contribution < 1.29 is 13.9 Å². The molecule has 0 bridgehead atoms. The lowest BCUT2D eigenvalue weighted by molar-refractivity contribution is -0.129. The number of hydrogen-bond acceptors (Lipinski definition) is 7. The Morgan fingerprint density at radius 3 is 2.75 bits per heavy atom. The molecule has 1 fully saturated rings. The SMILES string of the molecule is COC(=S)NC(c1ccc(N2CCN(C(=O)CN)CC2)c(F)c1)c1cn[nH]n1. The first-order valence-corrected chi connectivity index (χ1v) is 9.16. The molecule has 0 spiro atoms. The van der Waals surface area contributed by atoms with E-state index in [1.54, 1.807) is 17.0 Å². The Labute approximate surface area is 167 Å². The lowest BCUT2D eigenvalue weighted by atomic mass is 10.0. The Morgan fingerprint density at radius 1 is 1.43 bits per heavy atom. The molecular formula is C17H22FN7O2S. The molecule has 0 aliphatic carbocycles. The van der Waals surface area contributed by atoms with Gasteiger partial charge in [0.25, 0.3) is 5.17 Å². The highest BCUT2D eigenvalue weighted by Crippen LogP contribution is 2.27. The Kier molecular flexibility index (Phi) is 6.37. The predicted octanol–water partition coefficient (Wildman–Crippen LogP) is 0.161. The number of H-pyrrole nitrogens is 1. The highest BCUT2D eigenvalue weighted by Gasteiger charge is 2.24. The summed E-state index contributed by atoms with van der Waals surface area (Å²) < 4.78 is 19.9. The molecule has 2 heterocycles. The van der Waals surface area contributed by atoms with Crippen LogP contribution in [0.2, 0.25) is 0 Å². The van der Waals surface area contributed by atoms with Gasteiger partial charge in [0, 0.05) is 26.2 Å². The fourth-order valence-electron chi connectivity index (χ4n) is 3.14. The van der Waals surface area contributed by atoms with Crippen LogP contribution >= 0.6 is 12.2 Å². The summed E-state index contributed by atoms with van der Waals surface area (Å²) >= 11 is 5.07. The van der Waals surface area contributed by atoms with Crippen LogP contribution in [0.4, 0.5) is 10.1 Å². The van der Waals surface area contributed by atoms with Crippen LogP contribution in [0.5, 0.6) is 0 Å². The fourth-order valence-corrected chi connectivity index (χ4v) is 3.26. The molecule has 150 valence electrons. The molecule has 1 amide bonds. The first-order valence-electron chi connectivity index (χ1n) is 8.76. The van der Waals surface area contributed by atoms with Gasteiger partial charge in [-0.05, 0) is 29.9 Å². The van der Waals surface area contributed by atoms with Crippen LogP contribution in [0.15, 0.2) is 24.4 Å². The molecular weight excluding hydrogens is 385 g/mol.